The molecule has 0 spiro atoms. The molecule has 0 radical (unpaired) electrons. The molecule has 7 aliphatic heterocycles. The zero-order chi connectivity index (χ0) is 48.4. The zero-order valence-corrected chi connectivity index (χ0v) is 41.1. The molecule has 0 fully saturated rings. The lowest BCUT2D eigenvalue weighted by atomic mass is 9.24. The van der Waals surface area contributed by atoms with Crippen LogP contribution in [-0.2, 0) is 0 Å². The van der Waals surface area contributed by atoms with E-state index in [-0.39, 0.29) is 20.1 Å². The minimum atomic E-state index is -0.0925. The van der Waals surface area contributed by atoms with Crippen molar-refractivity contribution in [3.8, 4) is 5.69 Å². The van der Waals surface area contributed by atoms with Crippen LogP contribution in [0.3, 0.4) is 0 Å². The van der Waals surface area contributed by atoms with Crippen molar-refractivity contribution in [2.75, 3.05) is 19.6 Å². The van der Waals surface area contributed by atoms with Crippen molar-refractivity contribution in [1.82, 2.24) is 4.57 Å². The summed E-state index contributed by atoms with van der Waals surface area (Å²) in [5, 5.41) is 2.53. The lowest BCUT2D eigenvalue weighted by Crippen LogP contribution is -2.74. The number of anilines is 12. The molecule has 0 bridgehead atoms. The minimum Gasteiger partial charge on any atom is -0.312 e. The molecule has 11 aromatic carbocycles. The van der Waals surface area contributed by atoms with Gasteiger partial charge in [0.25, 0.3) is 20.1 Å². The minimum absolute atomic E-state index is 0.0174. The van der Waals surface area contributed by atoms with Gasteiger partial charge < -0.3 is 24.2 Å². The predicted octanol–water partition coefficient (Wildman–Crippen LogP) is 10.6. The van der Waals surface area contributed by atoms with E-state index in [1.165, 1.54) is 143 Å². The largest absolute Gasteiger partial charge is 0.312 e. The lowest BCUT2D eigenvalue weighted by Gasteiger charge is -2.55. The summed E-state index contributed by atoms with van der Waals surface area (Å²) in [6, 6.07) is 87.5. The number of rotatable bonds is 2. The summed E-state index contributed by atoms with van der Waals surface area (Å²) < 4.78 is 2.50. The molecule has 0 N–H and O–H groups in total. The topological polar surface area (TPSA) is 17.9 Å². The van der Waals surface area contributed by atoms with Crippen LogP contribution < -0.4 is 68.8 Å². The average molecular weight is 966 g/mol. The zero-order valence-electron chi connectivity index (χ0n) is 40.3. The smallest absolute Gasteiger partial charge is 0.252 e. The summed E-state index contributed by atoms with van der Waals surface area (Å²) in [6.45, 7) is -0.0555. The third-order valence-corrected chi connectivity index (χ3v) is 18.8. The molecule has 12 aromatic rings. The SMILES string of the molecule is c1ccc(N2c3ccccc3Sc3cc4c(cc32)N2c3ccccc3B3c5ccccc5N5c6ccccc6B6c7ccccc7N7c8cc9c(cc8B4c4c2c3c5c6c47)c2ccccc2n9-c2ccccc2)cc1. The van der Waals surface area contributed by atoms with Crippen molar-refractivity contribution >= 4 is 171 Å². The van der Waals surface area contributed by atoms with E-state index >= 15 is 0 Å². The highest BCUT2D eigenvalue weighted by molar-refractivity contribution is 7.99. The summed E-state index contributed by atoms with van der Waals surface area (Å²) in [5.41, 5.74) is 31.0. The van der Waals surface area contributed by atoms with E-state index in [2.05, 4.69) is 255 Å². The summed E-state index contributed by atoms with van der Waals surface area (Å²) in [5.74, 6) is 0. The van der Waals surface area contributed by atoms with Crippen LogP contribution in [0.25, 0.3) is 27.5 Å². The van der Waals surface area contributed by atoms with Crippen molar-refractivity contribution in [3.05, 3.63) is 231 Å². The molecule has 0 amide bonds. The van der Waals surface area contributed by atoms with E-state index in [1.54, 1.807) is 0 Å². The molecule has 19 rings (SSSR count). The van der Waals surface area contributed by atoms with Gasteiger partial charge in [-0.05, 0) is 134 Å². The third kappa shape index (κ3) is 4.75. The second kappa shape index (κ2) is 14.0. The van der Waals surface area contributed by atoms with E-state index < -0.39 is 0 Å². The van der Waals surface area contributed by atoms with Crippen molar-refractivity contribution in [3.63, 3.8) is 0 Å². The van der Waals surface area contributed by atoms with Gasteiger partial charge >= 0.3 is 0 Å². The first-order chi connectivity index (χ1) is 37.3. The molecule has 0 saturated heterocycles. The quantitative estimate of drug-likeness (QED) is 0.160. The first kappa shape index (κ1) is 39.5. The highest BCUT2D eigenvalue weighted by Crippen LogP contribution is 2.56. The summed E-state index contributed by atoms with van der Waals surface area (Å²) in [6.07, 6.45) is 0. The molecule has 0 unspecified atom stereocenters. The number of nitrogens with zero attached hydrogens (tertiary/aromatic N) is 5. The van der Waals surface area contributed by atoms with Gasteiger partial charge in [0.15, 0.2) is 0 Å². The molecular weight excluding hydrogens is 927 g/mol. The lowest BCUT2D eigenvalue weighted by molar-refractivity contribution is 1.16. The van der Waals surface area contributed by atoms with Crippen LogP contribution in [0.15, 0.2) is 240 Å². The summed E-state index contributed by atoms with van der Waals surface area (Å²) >= 11 is 1.91. The van der Waals surface area contributed by atoms with E-state index in [4.69, 9.17) is 0 Å². The van der Waals surface area contributed by atoms with Gasteiger partial charge in [-0.25, -0.2) is 0 Å². The third-order valence-electron chi connectivity index (χ3n) is 17.7. The first-order valence-corrected chi connectivity index (χ1v) is 27.0. The normalized spacial score (nSPS) is 14.7. The number of hydrogen-bond acceptors (Lipinski definition) is 5. The van der Waals surface area contributed by atoms with Crippen LogP contribution in [0.2, 0.25) is 0 Å². The fourth-order valence-corrected chi connectivity index (χ4v) is 16.1. The molecule has 7 aliphatic rings. The van der Waals surface area contributed by atoms with Crippen molar-refractivity contribution in [2.45, 2.75) is 9.79 Å². The first-order valence-electron chi connectivity index (χ1n) is 26.2. The molecule has 0 saturated carbocycles. The standard InChI is InChI=1S/C66H38B3N5S/c1-3-19-39(20-4-1)70-49-28-12-7-23-41(49)42-35-47-56(37-55(42)70)73-52-31-15-10-26-45(52)67-43-24-8-13-29-50(43)72-51-30-14-9-25-44(51)68-46-27-11-16-32-53(46)74-57-38-58-60(36-48(57)69(47)63-65(73)61(67)64(72)62(68)66(63)74)75-59-34-18-17-33-54(59)71(58)40-21-5-2-6-22-40/h1-38H. The molecule has 75 heavy (non-hydrogen) atoms. The molecular formula is C66H38B3N5S. The number of aromatic nitrogens is 1. The second-order valence-corrected chi connectivity index (χ2v) is 22.1. The van der Waals surface area contributed by atoms with E-state index in [0.717, 1.165) is 11.4 Å². The van der Waals surface area contributed by atoms with Gasteiger partial charge in [-0.15, -0.1) is 0 Å². The molecule has 5 nitrogen and oxygen atoms in total. The monoisotopic (exact) mass is 965 g/mol. The number of para-hydroxylation sites is 8. The Hall–Kier alpha value is -9.04. The Morgan fingerprint density at radius 1 is 0.267 bits per heavy atom. The highest BCUT2D eigenvalue weighted by atomic mass is 32.2. The van der Waals surface area contributed by atoms with Crippen LogP contribution in [-0.4, -0.2) is 24.7 Å². The van der Waals surface area contributed by atoms with Crippen LogP contribution >= 0.6 is 11.8 Å². The van der Waals surface area contributed by atoms with Crippen molar-refractivity contribution < 1.29 is 0 Å². The maximum atomic E-state index is 2.72. The van der Waals surface area contributed by atoms with Gasteiger partial charge in [-0.3, -0.25) is 0 Å². The van der Waals surface area contributed by atoms with E-state index in [0.29, 0.717) is 0 Å². The maximum absolute atomic E-state index is 2.72. The molecule has 342 valence electrons. The fourth-order valence-electron chi connectivity index (χ4n) is 15.0. The Morgan fingerprint density at radius 3 is 1.29 bits per heavy atom. The van der Waals surface area contributed by atoms with Crippen LogP contribution in [0, 0.1) is 0 Å². The summed E-state index contributed by atoms with van der Waals surface area (Å²) in [7, 11) is 0. The van der Waals surface area contributed by atoms with Crippen molar-refractivity contribution in [1.29, 1.82) is 0 Å². The number of benzene rings is 11. The van der Waals surface area contributed by atoms with Gasteiger partial charge in [-0.2, -0.15) is 0 Å². The Balaban J connectivity index is 1.02. The summed E-state index contributed by atoms with van der Waals surface area (Å²) in [4.78, 5) is 13.1. The second-order valence-electron chi connectivity index (χ2n) is 21.1. The Bertz CT molecular complexity index is 4580. The number of fused-ring (bicyclic) bond motifs is 23. The van der Waals surface area contributed by atoms with Gasteiger partial charge in [0, 0.05) is 83.1 Å². The molecule has 0 aliphatic carbocycles. The maximum Gasteiger partial charge on any atom is 0.252 e. The predicted molar refractivity (Wildman–Crippen MR) is 318 cm³/mol. The van der Waals surface area contributed by atoms with Crippen LogP contribution in [0.1, 0.15) is 0 Å². The average Bonchev–Trinajstić information content (AvgIpc) is 3.95. The molecule has 8 heterocycles. The Labute approximate surface area is 438 Å². The van der Waals surface area contributed by atoms with E-state index in [9.17, 15) is 0 Å². The molecule has 0 atom stereocenters. The van der Waals surface area contributed by atoms with Crippen LogP contribution in [0.5, 0.6) is 0 Å². The van der Waals surface area contributed by atoms with Crippen LogP contribution in [0.4, 0.5) is 68.2 Å². The van der Waals surface area contributed by atoms with Gasteiger partial charge in [0.05, 0.1) is 22.4 Å². The van der Waals surface area contributed by atoms with E-state index in [1.807, 2.05) is 11.8 Å². The van der Waals surface area contributed by atoms with Crippen molar-refractivity contribution in [2.24, 2.45) is 0 Å². The Morgan fingerprint density at radius 2 is 0.707 bits per heavy atom. The molecule has 1 aromatic heterocycles. The fraction of sp³-hybridized carbons (Fsp3) is 0. The number of hydrogen-bond donors (Lipinski definition) is 0. The highest BCUT2D eigenvalue weighted by Gasteiger charge is 2.57. The van der Waals surface area contributed by atoms with Gasteiger partial charge in [0.2, 0.25) is 0 Å². The van der Waals surface area contributed by atoms with Gasteiger partial charge in [0.1, 0.15) is 0 Å². The Kier molecular flexibility index (Phi) is 7.35. The molecule has 9 heteroatoms. The van der Waals surface area contributed by atoms with Gasteiger partial charge in [-0.1, -0.05) is 157 Å².